The number of hydrogen-bond acceptors (Lipinski definition) is 4. The van der Waals surface area contributed by atoms with E-state index in [9.17, 15) is 13.2 Å². The van der Waals surface area contributed by atoms with Gasteiger partial charge in [0.25, 0.3) is 0 Å². The molecule has 1 rings (SSSR count). The Morgan fingerprint density at radius 1 is 1.10 bits per heavy atom. The summed E-state index contributed by atoms with van der Waals surface area (Å²) in [7, 11) is -3.23. The molecule has 0 aliphatic carbocycles. The molecule has 0 heterocycles. The van der Waals surface area contributed by atoms with Crippen molar-refractivity contribution in [3.05, 3.63) is 29.3 Å². The highest BCUT2D eigenvalue weighted by Gasteiger charge is 2.14. The van der Waals surface area contributed by atoms with Gasteiger partial charge in [0.2, 0.25) is 0 Å². The fourth-order valence-corrected chi connectivity index (χ4v) is 3.45. The normalized spacial score (nSPS) is 11.4. The van der Waals surface area contributed by atoms with E-state index < -0.39 is 9.84 Å². The molecule has 0 aromatic heterocycles. The molecule has 0 fully saturated rings. The summed E-state index contributed by atoms with van der Waals surface area (Å²) in [5.74, 6) is -0.0901. The quantitative estimate of drug-likeness (QED) is 0.546. The molecule has 5 heteroatoms. The fraction of sp³-hybridized carbons (Fsp3) is 0.562. The van der Waals surface area contributed by atoms with Crippen LogP contribution in [0, 0.1) is 13.8 Å². The van der Waals surface area contributed by atoms with E-state index in [4.69, 9.17) is 4.74 Å². The smallest absolute Gasteiger partial charge is 0.305 e. The summed E-state index contributed by atoms with van der Waals surface area (Å²) in [5, 5.41) is 0. The number of esters is 1. The lowest BCUT2D eigenvalue weighted by Gasteiger charge is -2.07. The monoisotopic (exact) mass is 312 g/mol. The maximum Gasteiger partial charge on any atom is 0.305 e. The van der Waals surface area contributed by atoms with Crippen molar-refractivity contribution in [2.75, 3.05) is 12.4 Å². The largest absolute Gasteiger partial charge is 0.466 e. The predicted molar refractivity (Wildman–Crippen MR) is 83.1 cm³/mol. The zero-order chi connectivity index (χ0) is 15.9. The third-order valence-corrected chi connectivity index (χ3v) is 5.24. The summed E-state index contributed by atoms with van der Waals surface area (Å²) in [6.07, 6.45) is 2.30. The molecule has 0 aliphatic rings. The van der Waals surface area contributed by atoms with Crippen LogP contribution in [-0.4, -0.2) is 26.7 Å². The minimum atomic E-state index is -3.23. The first-order valence-electron chi connectivity index (χ1n) is 7.32. The Kier molecular flexibility index (Phi) is 6.89. The average Bonchev–Trinajstić information content (AvgIpc) is 2.41. The van der Waals surface area contributed by atoms with Gasteiger partial charge < -0.3 is 4.74 Å². The van der Waals surface area contributed by atoms with E-state index in [0.29, 0.717) is 37.2 Å². The van der Waals surface area contributed by atoms with Crippen LogP contribution >= 0.6 is 0 Å². The number of carbonyl (C=O) groups excluding carboxylic acids is 1. The van der Waals surface area contributed by atoms with Crippen molar-refractivity contribution in [2.24, 2.45) is 0 Å². The summed E-state index contributed by atoms with van der Waals surface area (Å²) in [6.45, 7) is 6.03. The molecule has 0 saturated heterocycles. The standard InChI is InChI=1S/C16H24O4S/c1-4-20-16(17)8-6-5-7-11-21(18,19)15-10-9-13(2)14(3)12-15/h9-10,12H,4-8,11H2,1-3H3. The molecular formula is C16H24O4S. The van der Waals surface area contributed by atoms with Gasteiger partial charge in [0.1, 0.15) is 0 Å². The zero-order valence-corrected chi connectivity index (χ0v) is 13.8. The fourth-order valence-electron chi connectivity index (χ4n) is 2.00. The molecule has 0 unspecified atom stereocenters. The molecule has 118 valence electrons. The van der Waals surface area contributed by atoms with E-state index in [1.807, 2.05) is 19.9 Å². The minimum Gasteiger partial charge on any atom is -0.466 e. The van der Waals surface area contributed by atoms with Crippen molar-refractivity contribution < 1.29 is 17.9 Å². The Balaban J connectivity index is 2.43. The highest BCUT2D eigenvalue weighted by molar-refractivity contribution is 7.91. The molecular weight excluding hydrogens is 288 g/mol. The van der Waals surface area contributed by atoms with Crippen molar-refractivity contribution in [3.8, 4) is 0 Å². The van der Waals surface area contributed by atoms with Crippen LogP contribution in [0.15, 0.2) is 23.1 Å². The number of hydrogen-bond donors (Lipinski definition) is 0. The summed E-state index contributed by atoms with van der Waals surface area (Å²) >= 11 is 0. The second kappa shape index (κ2) is 8.17. The number of sulfone groups is 1. The number of rotatable bonds is 8. The summed E-state index contributed by atoms with van der Waals surface area (Å²) in [6, 6.07) is 5.22. The van der Waals surface area contributed by atoms with E-state index >= 15 is 0 Å². The first kappa shape index (κ1) is 17.7. The van der Waals surface area contributed by atoms with Gasteiger partial charge in [-0.25, -0.2) is 8.42 Å². The summed E-state index contributed by atoms with van der Waals surface area (Å²) in [4.78, 5) is 11.5. The second-order valence-electron chi connectivity index (χ2n) is 5.18. The zero-order valence-electron chi connectivity index (χ0n) is 13.0. The topological polar surface area (TPSA) is 60.4 Å². The van der Waals surface area contributed by atoms with Crippen molar-refractivity contribution in [2.45, 2.75) is 51.3 Å². The third-order valence-electron chi connectivity index (χ3n) is 3.44. The molecule has 0 spiro atoms. The highest BCUT2D eigenvalue weighted by Crippen LogP contribution is 2.17. The maximum absolute atomic E-state index is 12.2. The van der Waals surface area contributed by atoms with Gasteiger partial charge in [0.05, 0.1) is 17.3 Å². The van der Waals surface area contributed by atoms with Crippen molar-refractivity contribution >= 4 is 15.8 Å². The number of carbonyl (C=O) groups is 1. The third kappa shape index (κ3) is 5.87. The molecule has 0 bridgehead atoms. The summed E-state index contributed by atoms with van der Waals surface area (Å²) < 4.78 is 29.2. The number of unbranched alkanes of at least 4 members (excludes halogenated alkanes) is 2. The van der Waals surface area contributed by atoms with Crippen LogP contribution in [0.1, 0.15) is 43.7 Å². The van der Waals surface area contributed by atoms with Crippen LogP contribution in [0.2, 0.25) is 0 Å². The Bertz CT molecular complexity index is 576. The summed E-state index contributed by atoms with van der Waals surface area (Å²) in [5.41, 5.74) is 2.07. The molecule has 1 aromatic rings. The van der Waals surface area contributed by atoms with E-state index in [-0.39, 0.29) is 11.7 Å². The van der Waals surface area contributed by atoms with E-state index in [1.54, 1.807) is 19.1 Å². The molecule has 1 aromatic carbocycles. The van der Waals surface area contributed by atoms with Gasteiger partial charge in [-0.2, -0.15) is 0 Å². The van der Waals surface area contributed by atoms with Crippen LogP contribution in [0.25, 0.3) is 0 Å². The van der Waals surface area contributed by atoms with Gasteiger partial charge >= 0.3 is 5.97 Å². The second-order valence-corrected chi connectivity index (χ2v) is 7.29. The van der Waals surface area contributed by atoms with Gasteiger partial charge in [0, 0.05) is 6.42 Å². The Morgan fingerprint density at radius 3 is 2.43 bits per heavy atom. The molecule has 0 amide bonds. The molecule has 0 radical (unpaired) electrons. The Morgan fingerprint density at radius 2 is 1.81 bits per heavy atom. The van der Waals surface area contributed by atoms with Crippen LogP contribution in [0.5, 0.6) is 0 Å². The maximum atomic E-state index is 12.2. The van der Waals surface area contributed by atoms with Crippen LogP contribution < -0.4 is 0 Å². The highest BCUT2D eigenvalue weighted by atomic mass is 32.2. The van der Waals surface area contributed by atoms with Crippen LogP contribution in [0.4, 0.5) is 0 Å². The van der Waals surface area contributed by atoms with Gasteiger partial charge in [-0.3, -0.25) is 4.79 Å². The first-order valence-corrected chi connectivity index (χ1v) is 8.97. The first-order chi connectivity index (χ1) is 9.86. The van der Waals surface area contributed by atoms with Crippen LogP contribution in [0.3, 0.4) is 0 Å². The minimum absolute atomic E-state index is 0.123. The van der Waals surface area contributed by atoms with Gasteiger partial charge in [-0.1, -0.05) is 12.5 Å². The van der Waals surface area contributed by atoms with Crippen molar-refractivity contribution in [1.82, 2.24) is 0 Å². The lowest BCUT2D eigenvalue weighted by molar-refractivity contribution is -0.143. The average molecular weight is 312 g/mol. The number of aryl methyl sites for hydroxylation is 2. The van der Waals surface area contributed by atoms with E-state index in [0.717, 1.165) is 11.1 Å². The SMILES string of the molecule is CCOC(=O)CCCCCS(=O)(=O)c1ccc(C)c(C)c1. The molecule has 0 atom stereocenters. The van der Waals surface area contributed by atoms with Crippen molar-refractivity contribution in [1.29, 1.82) is 0 Å². The Hall–Kier alpha value is -1.36. The van der Waals surface area contributed by atoms with E-state index in [1.165, 1.54) is 0 Å². The van der Waals surface area contributed by atoms with Gasteiger partial charge in [0.15, 0.2) is 9.84 Å². The number of benzene rings is 1. The lowest BCUT2D eigenvalue weighted by atomic mass is 10.1. The molecule has 21 heavy (non-hydrogen) atoms. The predicted octanol–water partition coefficient (Wildman–Crippen LogP) is 3.20. The Labute approximate surface area is 127 Å². The van der Waals surface area contributed by atoms with E-state index in [2.05, 4.69) is 0 Å². The molecule has 0 saturated carbocycles. The van der Waals surface area contributed by atoms with Crippen molar-refractivity contribution in [3.63, 3.8) is 0 Å². The molecule has 0 N–H and O–H groups in total. The van der Waals surface area contributed by atoms with Gasteiger partial charge in [-0.05, 0) is 56.9 Å². The molecule has 4 nitrogen and oxygen atoms in total. The van der Waals surface area contributed by atoms with Gasteiger partial charge in [-0.15, -0.1) is 0 Å². The van der Waals surface area contributed by atoms with Crippen LogP contribution in [-0.2, 0) is 19.4 Å². The lowest BCUT2D eigenvalue weighted by Crippen LogP contribution is -2.08. The molecule has 0 aliphatic heterocycles. The number of ether oxygens (including phenoxy) is 1.